The molecule has 0 aromatic heterocycles. The van der Waals surface area contributed by atoms with Gasteiger partial charge in [-0.3, -0.25) is 4.79 Å². The molecule has 2 aliphatic carbocycles. The molecule has 2 heterocycles. The minimum Gasteiger partial charge on any atom is -0.492 e. The highest BCUT2D eigenvalue weighted by Crippen LogP contribution is 2.66. The number of amides is 2. The van der Waals surface area contributed by atoms with Gasteiger partial charge in [0.05, 0.1) is 13.1 Å². The molecule has 2 aliphatic heterocycles. The molecule has 6 heteroatoms. The standard InChI is InChI=1S/C22H28N2O4/c25-19(18-15-21(18)7-4-8-21)23-11-9-22(10-12-23)16-24(20(26)28-22)13-14-27-17-5-2-1-3-6-17/h1-3,5-6,18H,4,7-16H2/t18-/m1/s1. The molecule has 5 rings (SSSR count). The highest BCUT2D eigenvalue weighted by molar-refractivity contribution is 5.83. The van der Waals surface area contributed by atoms with Crippen molar-refractivity contribution in [3.8, 4) is 5.75 Å². The van der Waals surface area contributed by atoms with E-state index in [9.17, 15) is 9.59 Å². The van der Waals surface area contributed by atoms with Crippen molar-refractivity contribution >= 4 is 12.0 Å². The van der Waals surface area contributed by atoms with Gasteiger partial charge in [0.1, 0.15) is 18.0 Å². The van der Waals surface area contributed by atoms with Crippen LogP contribution in [-0.4, -0.2) is 60.2 Å². The van der Waals surface area contributed by atoms with Crippen LogP contribution in [0.25, 0.3) is 0 Å². The molecule has 1 aromatic carbocycles. The molecule has 2 amide bonds. The van der Waals surface area contributed by atoms with Crippen molar-refractivity contribution in [1.29, 1.82) is 0 Å². The van der Waals surface area contributed by atoms with Crippen LogP contribution in [0.15, 0.2) is 30.3 Å². The lowest BCUT2D eigenvalue weighted by atomic mass is 9.79. The summed E-state index contributed by atoms with van der Waals surface area (Å²) in [5.41, 5.74) is -0.0556. The molecule has 0 unspecified atom stereocenters. The van der Waals surface area contributed by atoms with Gasteiger partial charge in [-0.25, -0.2) is 4.79 Å². The van der Waals surface area contributed by atoms with Crippen LogP contribution in [-0.2, 0) is 9.53 Å². The first-order valence-corrected chi connectivity index (χ1v) is 10.5. The summed E-state index contributed by atoms with van der Waals surface area (Å²) >= 11 is 0. The van der Waals surface area contributed by atoms with Crippen LogP contribution in [0.4, 0.5) is 4.79 Å². The lowest BCUT2D eigenvalue weighted by Crippen LogP contribution is -2.49. The maximum Gasteiger partial charge on any atom is 0.410 e. The Morgan fingerprint density at radius 3 is 2.54 bits per heavy atom. The smallest absolute Gasteiger partial charge is 0.410 e. The Kier molecular flexibility index (Phi) is 4.25. The Hall–Kier alpha value is -2.24. The number of benzene rings is 1. The van der Waals surface area contributed by atoms with Crippen molar-refractivity contribution < 1.29 is 19.1 Å². The van der Waals surface area contributed by atoms with Crippen LogP contribution in [0.2, 0.25) is 0 Å². The fourth-order valence-electron chi connectivity index (χ4n) is 5.15. The van der Waals surface area contributed by atoms with Gasteiger partial charge < -0.3 is 19.3 Å². The van der Waals surface area contributed by atoms with E-state index in [1.54, 1.807) is 4.90 Å². The Morgan fingerprint density at radius 1 is 1.14 bits per heavy atom. The van der Waals surface area contributed by atoms with E-state index >= 15 is 0 Å². The van der Waals surface area contributed by atoms with Crippen LogP contribution < -0.4 is 4.74 Å². The number of para-hydroxylation sites is 1. The molecule has 1 aromatic rings. The highest BCUT2D eigenvalue weighted by atomic mass is 16.6. The second kappa shape index (κ2) is 6.68. The first kappa shape index (κ1) is 17.8. The van der Waals surface area contributed by atoms with Gasteiger partial charge in [-0.1, -0.05) is 24.6 Å². The minimum absolute atomic E-state index is 0.257. The van der Waals surface area contributed by atoms with Gasteiger partial charge in [-0.2, -0.15) is 0 Å². The fraction of sp³-hybridized carbons (Fsp3) is 0.636. The van der Waals surface area contributed by atoms with Crippen LogP contribution in [0.3, 0.4) is 0 Å². The van der Waals surface area contributed by atoms with Crippen molar-refractivity contribution in [3.63, 3.8) is 0 Å². The van der Waals surface area contributed by atoms with Gasteiger partial charge in [0.25, 0.3) is 0 Å². The molecule has 2 spiro atoms. The Bertz CT molecular complexity index is 753. The molecule has 6 nitrogen and oxygen atoms in total. The van der Waals surface area contributed by atoms with Crippen LogP contribution >= 0.6 is 0 Å². The molecule has 2 saturated carbocycles. The number of hydrogen-bond acceptors (Lipinski definition) is 4. The molecule has 4 aliphatic rings. The normalized spacial score (nSPS) is 26.9. The van der Waals surface area contributed by atoms with Gasteiger partial charge in [0.15, 0.2) is 0 Å². The van der Waals surface area contributed by atoms with E-state index in [0.717, 1.165) is 25.0 Å². The molecular weight excluding hydrogens is 356 g/mol. The number of likely N-dealkylation sites (tertiary alicyclic amines) is 1. The maximum atomic E-state index is 12.8. The summed E-state index contributed by atoms with van der Waals surface area (Å²) in [6.07, 6.45) is 6.06. The molecule has 1 atom stereocenters. The monoisotopic (exact) mass is 384 g/mol. The van der Waals surface area contributed by atoms with Crippen LogP contribution in [0.1, 0.15) is 38.5 Å². The second-order valence-electron chi connectivity index (χ2n) is 8.93. The first-order valence-electron chi connectivity index (χ1n) is 10.5. The van der Waals surface area contributed by atoms with E-state index in [2.05, 4.69) is 0 Å². The quantitative estimate of drug-likeness (QED) is 0.783. The number of rotatable bonds is 5. The summed E-state index contributed by atoms with van der Waals surface area (Å²) in [7, 11) is 0. The van der Waals surface area contributed by atoms with Crippen LogP contribution in [0, 0.1) is 11.3 Å². The zero-order valence-corrected chi connectivity index (χ0v) is 16.3. The summed E-state index contributed by atoms with van der Waals surface area (Å²) in [4.78, 5) is 28.8. The lowest BCUT2D eigenvalue weighted by molar-refractivity contribution is -0.137. The van der Waals surface area contributed by atoms with Crippen molar-refractivity contribution in [3.05, 3.63) is 30.3 Å². The summed E-state index contributed by atoms with van der Waals surface area (Å²) in [5.74, 6) is 1.42. The second-order valence-corrected chi connectivity index (χ2v) is 8.93. The molecule has 0 radical (unpaired) electrons. The van der Waals surface area contributed by atoms with Crippen molar-refractivity contribution in [2.45, 2.75) is 44.1 Å². The number of carbonyl (C=O) groups is 2. The zero-order chi connectivity index (χ0) is 19.2. The topological polar surface area (TPSA) is 59.1 Å². The van der Waals surface area contributed by atoms with Gasteiger partial charge in [-0.05, 0) is 36.8 Å². The number of piperidine rings is 1. The summed E-state index contributed by atoms with van der Waals surface area (Å²) < 4.78 is 11.5. The molecule has 28 heavy (non-hydrogen) atoms. The summed E-state index contributed by atoms with van der Waals surface area (Å²) in [5, 5.41) is 0. The number of nitrogens with zero attached hydrogens (tertiary/aromatic N) is 2. The Morgan fingerprint density at radius 2 is 1.89 bits per heavy atom. The van der Waals surface area contributed by atoms with E-state index in [-0.39, 0.29) is 12.0 Å². The third kappa shape index (κ3) is 3.12. The Labute approximate surface area is 165 Å². The molecule has 2 saturated heterocycles. The molecular formula is C22H28N2O4. The predicted molar refractivity (Wildman–Crippen MR) is 103 cm³/mol. The van der Waals surface area contributed by atoms with Gasteiger partial charge >= 0.3 is 6.09 Å². The fourth-order valence-corrected chi connectivity index (χ4v) is 5.15. The number of ether oxygens (including phenoxy) is 2. The SMILES string of the molecule is O=C1OC2(CCN(C(=O)[C@H]3CC34CCC4)CC2)CN1CCOc1ccccc1. The van der Waals surface area contributed by atoms with Crippen molar-refractivity contribution in [2.24, 2.45) is 11.3 Å². The molecule has 0 bridgehead atoms. The largest absolute Gasteiger partial charge is 0.492 e. The average molecular weight is 384 g/mol. The van der Waals surface area contributed by atoms with Crippen LogP contribution in [0.5, 0.6) is 5.75 Å². The van der Waals surface area contributed by atoms with E-state index in [4.69, 9.17) is 9.47 Å². The Balaban J connectivity index is 1.10. The lowest BCUT2D eigenvalue weighted by Gasteiger charge is -2.38. The van der Waals surface area contributed by atoms with E-state index in [0.29, 0.717) is 44.1 Å². The van der Waals surface area contributed by atoms with E-state index in [1.165, 1.54) is 19.3 Å². The molecule has 150 valence electrons. The van der Waals surface area contributed by atoms with Gasteiger partial charge in [0.2, 0.25) is 5.91 Å². The maximum absolute atomic E-state index is 12.8. The minimum atomic E-state index is -0.432. The third-order valence-corrected chi connectivity index (χ3v) is 7.24. The average Bonchev–Trinajstić information content (AvgIpc) is 3.38. The van der Waals surface area contributed by atoms with Crippen molar-refractivity contribution in [2.75, 3.05) is 32.8 Å². The van der Waals surface area contributed by atoms with E-state index in [1.807, 2.05) is 35.2 Å². The molecule has 0 N–H and O–H groups in total. The summed E-state index contributed by atoms with van der Waals surface area (Å²) in [6.45, 7) is 2.96. The first-order chi connectivity index (χ1) is 13.6. The zero-order valence-electron chi connectivity index (χ0n) is 16.3. The third-order valence-electron chi connectivity index (χ3n) is 7.24. The van der Waals surface area contributed by atoms with Gasteiger partial charge in [0, 0.05) is 31.8 Å². The number of hydrogen-bond donors (Lipinski definition) is 0. The molecule has 4 fully saturated rings. The summed E-state index contributed by atoms with van der Waals surface area (Å²) in [6, 6.07) is 9.62. The van der Waals surface area contributed by atoms with Gasteiger partial charge in [-0.15, -0.1) is 0 Å². The van der Waals surface area contributed by atoms with Crippen molar-refractivity contribution in [1.82, 2.24) is 9.80 Å². The highest BCUT2D eigenvalue weighted by Gasteiger charge is 2.62. The predicted octanol–water partition coefficient (Wildman–Crippen LogP) is 3.07. The van der Waals surface area contributed by atoms with E-state index < -0.39 is 5.60 Å². The number of carbonyl (C=O) groups excluding carboxylic acids is 2.